The van der Waals surface area contributed by atoms with E-state index in [1.165, 1.54) is 37.9 Å². The van der Waals surface area contributed by atoms with Crippen molar-refractivity contribution in [1.82, 2.24) is 5.32 Å². The van der Waals surface area contributed by atoms with E-state index in [1.54, 1.807) is 0 Å². The summed E-state index contributed by atoms with van der Waals surface area (Å²) < 4.78 is 5.90. The van der Waals surface area contributed by atoms with Crippen LogP contribution in [-0.2, 0) is 6.42 Å². The number of benzene rings is 1. The predicted molar refractivity (Wildman–Crippen MR) is 78.8 cm³/mol. The Labute approximate surface area is 117 Å². The molecule has 1 N–H and O–H groups in total. The van der Waals surface area contributed by atoms with E-state index in [1.807, 2.05) is 0 Å². The van der Waals surface area contributed by atoms with E-state index < -0.39 is 0 Å². The molecule has 0 radical (unpaired) electrons. The highest BCUT2D eigenvalue weighted by Gasteiger charge is 2.12. The minimum absolute atomic E-state index is 0. The van der Waals surface area contributed by atoms with Crippen molar-refractivity contribution in [2.24, 2.45) is 5.92 Å². The van der Waals surface area contributed by atoms with Crippen LogP contribution < -0.4 is 10.1 Å². The zero-order chi connectivity index (χ0) is 11.9. The van der Waals surface area contributed by atoms with Gasteiger partial charge in [0.1, 0.15) is 5.75 Å². The van der Waals surface area contributed by atoms with Gasteiger partial charge >= 0.3 is 0 Å². The first-order chi connectivity index (χ1) is 8.40. The van der Waals surface area contributed by atoms with Crippen molar-refractivity contribution in [3.05, 3.63) is 29.8 Å². The van der Waals surface area contributed by atoms with Gasteiger partial charge in [0.2, 0.25) is 0 Å². The molecule has 1 unspecified atom stereocenters. The molecule has 102 valence electrons. The molecule has 1 heterocycles. The Hall–Kier alpha value is -0.730. The summed E-state index contributed by atoms with van der Waals surface area (Å²) in [5.41, 5.74) is 1.31. The highest BCUT2D eigenvalue weighted by atomic mass is 35.5. The van der Waals surface area contributed by atoms with Crippen LogP contribution in [0.3, 0.4) is 0 Å². The number of rotatable bonds is 5. The van der Waals surface area contributed by atoms with Gasteiger partial charge in [-0.05, 0) is 56.3 Å². The smallest absolute Gasteiger partial charge is 0.122 e. The summed E-state index contributed by atoms with van der Waals surface area (Å²) in [6.45, 7) is 5.38. The van der Waals surface area contributed by atoms with Crippen molar-refractivity contribution in [2.75, 3.05) is 19.7 Å². The first-order valence-electron chi connectivity index (χ1n) is 6.81. The highest BCUT2D eigenvalue weighted by Crippen LogP contribution is 2.20. The fraction of sp³-hybridized carbons (Fsp3) is 0.600. The highest BCUT2D eigenvalue weighted by molar-refractivity contribution is 5.85. The van der Waals surface area contributed by atoms with Crippen molar-refractivity contribution in [1.29, 1.82) is 0 Å². The average Bonchev–Trinajstić information content (AvgIpc) is 2.40. The molecule has 1 atom stereocenters. The Morgan fingerprint density at radius 2 is 2.17 bits per heavy atom. The van der Waals surface area contributed by atoms with Crippen LogP contribution in [0.4, 0.5) is 0 Å². The Balaban J connectivity index is 0.00000162. The summed E-state index contributed by atoms with van der Waals surface area (Å²) in [4.78, 5) is 0. The van der Waals surface area contributed by atoms with Crippen LogP contribution in [0.5, 0.6) is 5.75 Å². The SMILES string of the molecule is CCc1ccccc1OCCC1CCCNC1.Cl. The summed E-state index contributed by atoms with van der Waals surface area (Å²) >= 11 is 0. The molecule has 2 rings (SSSR count). The zero-order valence-electron chi connectivity index (χ0n) is 11.2. The number of aryl methyl sites for hydroxylation is 1. The zero-order valence-corrected chi connectivity index (χ0v) is 12.0. The van der Waals surface area contributed by atoms with Crippen molar-refractivity contribution < 1.29 is 4.74 Å². The van der Waals surface area contributed by atoms with Crippen LogP contribution in [0, 0.1) is 5.92 Å². The van der Waals surface area contributed by atoms with Crippen molar-refractivity contribution in [2.45, 2.75) is 32.6 Å². The number of hydrogen-bond acceptors (Lipinski definition) is 2. The molecule has 0 amide bonds. The third-order valence-electron chi connectivity index (χ3n) is 3.54. The van der Waals surface area contributed by atoms with E-state index >= 15 is 0 Å². The lowest BCUT2D eigenvalue weighted by atomic mass is 9.97. The standard InChI is InChI=1S/C15H23NO.ClH/c1-2-14-7-3-4-8-15(14)17-11-9-13-6-5-10-16-12-13;/h3-4,7-8,13,16H,2,5-6,9-12H2,1H3;1H. The van der Waals surface area contributed by atoms with E-state index in [0.29, 0.717) is 0 Å². The molecule has 2 nitrogen and oxygen atoms in total. The minimum atomic E-state index is 0. The summed E-state index contributed by atoms with van der Waals surface area (Å²) in [7, 11) is 0. The van der Waals surface area contributed by atoms with Gasteiger partial charge in [0, 0.05) is 0 Å². The summed E-state index contributed by atoms with van der Waals surface area (Å²) in [6.07, 6.45) is 4.88. The Kier molecular flexibility index (Phi) is 7.14. The van der Waals surface area contributed by atoms with Gasteiger partial charge in [-0.1, -0.05) is 25.1 Å². The molecule has 1 aromatic rings. The Morgan fingerprint density at radius 1 is 1.33 bits per heavy atom. The molecule has 0 aromatic heterocycles. The fourth-order valence-electron chi connectivity index (χ4n) is 2.44. The van der Waals surface area contributed by atoms with Crippen molar-refractivity contribution >= 4 is 12.4 Å². The first-order valence-corrected chi connectivity index (χ1v) is 6.81. The Morgan fingerprint density at radius 3 is 2.89 bits per heavy atom. The Bertz CT molecular complexity index is 337. The number of hydrogen-bond donors (Lipinski definition) is 1. The summed E-state index contributed by atoms with van der Waals surface area (Å²) in [6, 6.07) is 8.36. The molecule has 0 spiro atoms. The van der Waals surface area contributed by atoms with Gasteiger partial charge in [0.05, 0.1) is 6.61 Å². The fourth-order valence-corrected chi connectivity index (χ4v) is 2.44. The maximum absolute atomic E-state index is 5.90. The molecule has 0 bridgehead atoms. The van der Waals surface area contributed by atoms with E-state index in [-0.39, 0.29) is 12.4 Å². The average molecular weight is 270 g/mol. The van der Waals surface area contributed by atoms with Gasteiger partial charge in [-0.15, -0.1) is 12.4 Å². The number of halogens is 1. The third-order valence-corrected chi connectivity index (χ3v) is 3.54. The lowest BCUT2D eigenvalue weighted by Crippen LogP contribution is -2.30. The molecule has 1 saturated heterocycles. The predicted octanol–water partition coefficient (Wildman–Crippen LogP) is 3.44. The molecule has 0 aliphatic carbocycles. The van der Waals surface area contributed by atoms with E-state index in [9.17, 15) is 0 Å². The maximum atomic E-state index is 5.90. The van der Waals surface area contributed by atoms with Gasteiger partial charge in [-0.3, -0.25) is 0 Å². The van der Waals surface area contributed by atoms with Crippen LogP contribution in [0.1, 0.15) is 31.7 Å². The van der Waals surface area contributed by atoms with Gasteiger partial charge in [-0.2, -0.15) is 0 Å². The molecular weight excluding hydrogens is 246 g/mol. The van der Waals surface area contributed by atoms with E-state index in [2.05, 4.69) is 36.5 Å². The quantitative estimate of drug-likeness (QED) is 0.884. The van der Waals surface area contributed by atoms with Gasteiger partial charge < -0.3 is 10.1 Å². The molecule has 1 aliphatic rings. The molecule has 1 fully saturated rings. The normalized spacial score (nSPS) is 19.1. The lowest BCUT2D eigenvalue weighted by molar-refractivity contribution is 0.252. The van der Waals surface area contributed by atoms with E-state index in [4.69, 9.17) is 4.74 Å². The van der Waals surface area contributed by atoms with Crippen LogP contribution in [0.25, 0.3) is 0 Å². The van der Waals surface area contributed by atoms with Crippen LogP contribution in [0.15, 0.2) is 24.3 Å². The lowest BCUT2D eigenvalue weighted by Gasteiger charge is -2.22. The molecular formula is C15H24ClNO. The molecule has 3 heteroatoms. The topological polar surface area (TPSA) is 21.3 Å². The summed E-state index contributed by atoms with van der Waals surface area (Å²) in [5.74, 6) is 1.87. The third kappa shape index (κ3) is 4.51. The van der Waals surface area contributed by atoms with Crippen molar-refractivity contribution in [3.63, 3.8) is 0 Å². The largest absolute Gasteiger partial charge is 0.493 e. The van der Waals surface area contributed by atoms with Gasteiger partial charge in [-0.25, -0.2) is 0 Å². The molecule has 18 heavy (non-hydrogen) atoms. The second-order valence-corrected chi connectivity index (χ2v) is 4.81. The van der Waals surface area contributed by atoms with Crippen LogP contribution in [0.2, 0.25) is 0 Å². The number of para-hydroxylation sites is 1. The van der Waals surface area contributed by atoms with Crippen LogP contribution in [-0.4, -0.2) is 19.7 Å². The van der Waals surface area contributed by atoms with Gasteiger partial charge in [0.25, 0.3) is 0 Å². The number of nitrogens with one attached hydrogen (secondary N) is 1. The van der Waals surface area contributed by atoms with E-state index in [0.717, 1.165) is 24.7 Å². The van der Waals surface area contributed by atoms with Gasteiger partial charge in [0.15, 0.2) is 0 Å². The van der Waals surface area contributed by atoms with Crippen molar-refractivity contribution in [3.8, 4) is 5.75 Å². The second kappa shape index (κ2) is 8.39. The minimum Gasteiger partial charge on any atom is -0.493 e. The number of piperidine rings is 1. The molecule has 1 aliphatic heterocycles. The first kappa shape index (κ1) is 15.3. The second-order valence-electron chi connectivity index (χ2n) is 4.81. The summed E-state index contributed by atoms with van der Waals surface area (Å²) in [5, 5.41) is 3.45. The number of ether oxygens (including phenoxy) is 1. The van der Waals surface area contributed by atoms with Crippen LogP contribution >= 0.6 is 12.4 Å². The monoisotopic (exact) mass is 269 g/mol. The molecule has 0 saturated carbocycles. The molecule has 1 aromatic carbocycles. The maximum Gasteiger partial charge on any atom is 0.122 e.